The van der Waals surface area contributed by atoms with E-state index in [1.54, 1.807) is 0 Å². The van der Waals surface area contributed by atoms with E-state index in [2.05, 4.69) is 15.5 Å². The van der Waals surface area contributed by atoms with Crippen LogP contribution in [0.5, 0.6) is 0 Å². The minimum atomic E-state index is -0.173. The van der Waals surface area contributed by atoms with Crippen LogP contribution in [0.15, 0.2) is 52.9 Å². The van der Waals surface area contributed by atoms with Crippen LogP contribution in [0.25, 0.3) is 0 Å². The van der Waals surface area contributed by atoms with Crippen LogP contribution in [0.3, 0.4) is 0 Å². The Kier molecular flexibility index (Phi) is 4.70. The molecule has 5 nitrogen and oxygen atoms in total. The van der Waals surface area contributed by atoms with Crippen molar-refractivity contribution in [3.05, 3.63) is 76.7 Å². The number of nitrogens with one attached hydrogen (secondary N) is 1. The maximum absolute atomic E-state index is 12.1. The van der Waals surface area contributed by atoms with E-state index in [9.17, 15) is 4.79 Å². The van der Waals surface area contributed by atoms with Gasteiger partial charge in [0, 0.05) is 0 Å². The Hall–Kier alpha value is -2.95. The predicted molar refractivity (Wildman–Crippen MR) is 91.8 cm³/mol. The Labute approximate surface area is 140 Å². The molecule has 122 valence electrons. The predicted octanol–water partition coefficient (Wildman–Crippen LogP) is 3.46. The number of carbonyl (C=O) groups is 1. The lowest BCUT2D eigenvalue weighted by Gasteiger charge is -2.04. The largest absolute Gasteiger partial charge is 0.407 e. The molecule has 0 fully saturated rings. The number of aromatic nitrogens is 2. The molecule has 1 amide bonds. The molecule has 1 aromatic heterocycles. The van der Waals surface area contributed by atoms with Gasteiger partial charge in [-0.2, -0.15) is 0 Å². The number of benzene rings is 2. The lowest BCUT2D eigenvalue weighted by atomic mass is 10.0. The molecule has 0 aliphatic heterocycles. The molecule has 1 heterocycles. The number of hydrogen-bond donors (Lipinski definition) is 1. The molecule has 0 saturated carbocycles. The molecular formula is C19H19N3O2. The molecule has 0 unspecified atom stereocenters. The molecule has 0 aliphatic carbocycles. The van der Waals surface area contributed by atoms with Crippen LogP contribution >= 0.6 is 0 Å². The number of anilines is 1. The highest BCUT2D eigenvalue weighted by atomic mass is 16.4. The van der Waals surface area contributed by atoms with Crippen molar-refractivity contribution >= 4 is 11.9 Å². The van der Waals surface area contributed by atoms with Gasteiger partial charge in [-0.1, -0.05) is 53.6 Å². The summed E-state index contributed by atoms with van der Waals surface area (Å²) in [5, 5.41) is 10.5. The summed E-state index contributed by atoms with van der Waals surface area (Å²) in [5.74, 6) is 0.302. The summed E-state index contributed by atoms with van der Waals surface area (Å²) >= 11 is 0. The van der Waals surface area contributed by atoms with Gasteiger partial charge < -0.3 is 4.42 Å². The van der Waals surface area contributed by atoms with E-state index >= 15 is 0 Å². The summed E-state index contributed by atoms with van der Waals surface area (Å²) in [6, 6.07) is 16.0. The third kappa shape index (κ3) is 4.07. The monoisotopic (exact) mass is 321 g/mol. The number of carbonyl (C=O) groups excluding carboxylic acids is 1. The van der Waals surface area contributed by atoms with Crippen molar-refractivity contribution < 1.29 is 9.21 Å². The van der Waals surface area contributed by atoms with E-state index in [-0.39, 0.29) is 18.3 Å². The van der Waals surface area contributed by atoms with Crippen molar-refractivity contribution in [2.24, 2.45) is 0 Å². The molecule has 0 radical (unpaired) electrons. The van der Waals surface area contributed by atoms with E-state index in [0.717, 1.165) is 11.1 Å². The highest BCUT2D eigenvalue weighted by Gasteiger charge is 2.11. The first-order valence-electron chi connectivity index (χ1n) is 7.82. The lowest BCUT2D eigenvalue weighted by molar-refractivity contribution is -0.115. The zero-order valence-corrected chi connectivity index (χ0v) is 13.7. The number of rotatable bonds is 5. The van der Waals surface area contributed by atoms with Gasteiger partial charge in [0.25, 0.3) is 0 Å². The van der Waals surface area contributed by atoms with Crippen molar-refractivity contribution in [3.8, 4) is 0 Å². The smallest absolute Gasteiger partial charge is 0.322 e. The van der Waals surface area contributed by atoms with E-state index in [0.29, 0.717) is 12.3 Å². The molecule has 5 heteroatoms. The first-order chi connectivity index (χ1) is 11.6. The minimum Gasteiger partial charge on any atom is -0.407 e. The van der Waals surface area contributed by atoms with Crippen LogP contribution in [-0.4, -0.2) is 16.1 Å². The fraction of sp³-hybridized carbons (Fsp3) is 0.211. The van der Waals surface area contributed by atoms with E-state index < -0.39 is 0 Å². The SMILES string of the molecule is Cc1ccc(CC(=O)Nc2nnc(Cc3ccccc3)o2)cc1C. The Morgan fingerprint density at radius 1 is 1.00 bits per heavy atom. The summed E-state index contributed by atoms with van der Waals surface area (Å²) < 4.78 is 5.48. The average molecular weight is 321 g/mol. The van der Waals surface area contributed by atoms with Gasteiger partial charge in [0.2, 0.25) is 11.8 Å². The third-order valence-corrected chi connectivity index (χ3v) is 3.85. The van der Waals surface area contributed by atoms with Gasteiger partial charge in [-0.25, -0.2) is 0 Å². The molecule has 24 heavy (non-hydrogen) atoms. The van der Waals surface area contributed by atoms with Crippen molar-refractivity contribution in [1.29, 1.82) is 0 Å². The summed E-state index contributed by atoms with van der Waals surface area (Å²) in [6.07, 6.45) is 0.818. The molecule has 2 aromatic carbocycles. The van der Waals surface area contributed by atoms with Crippen LogP contribution in [0.4, 0.5) is 6.01 Å². The van der Waals surface area contributed by atoms with Crippen LogP contribution in [0.1, 0.15) is 28.1 Å². The van der Waals surface area contributed by atoms with Crippen LogP contribution in [0.2, 0.25) is 0 Å². The quantitative estimate of drug-likeness (QED) is 0.781. The zero-order valence-electron chi connectivity index (χ0n) is 13.7. The number of amides is 1. The fourth-order valence-electron chi connectivity index (χ4n) is 2.41. The first-order valence-corrected chi connectivity index (χ1v) is 7.82. The van der Waals surface area contributed by atoms with Crippen LogP contribution in [0, 0.1) is 13.8 Å². The maximum Gasteiger partial charge on any atom is 0.322 e. The van der Waals surface area contributed by atoms with Crippen LogP contribution < -0.4 is 5.32 Å². The minimum absolute atomic E-state index is 0.134. The molecule has 0 aliphatic rings. The van der Waals surface area contributed by atoms with Gasteiger partial charge >= 0.3 is 6.01 Å². The number of aryl methyl sites for hydroxylation is 2. The Morgan fingerprint density at radius 2 is 1.79 bits per heavy atom. The maximum atomic E-state index is 12.1. The molecule has 0 spiro atoms. The molecule has 0 bridgehead atoms. The molecule has 3 rings (SSSR count). The Balaban J connectivity index is 1.59. The Bertz CT molecular complexity index is 841. The van der Waals surface area contributed by atoms with Gasteiger partial charge in [-0.3, -0.25) is 10.1 Å². The molecule has 0 atom stereocenters. The average Bonchev–Trinajstić information content (AvgIpc) is 2.99. The van der Waals surface area contributed by atoms with Gasteiger partial charge in [-0.15, -0.1) is 5.10 Å². The van der Waals surface area contributed by atoms with Gasteiger partial charge in [0.1, 0.15) is 0 Å². The van der Waals surface area contributed by atoms with Gasteiger partial charge in [-0.05, 0) is 36.1 Å². The zero-order chi connectivity index (χ0) is 16.9. The van der Waals surface area contributed by atoms with E-state index in [1.807, 2.05) is 62.4 Å². The second-order valence-corrected chi connectivity index (χ2v) is 5.81. The molecule has 3 aromatic rings. The van der Waals surface area contributed by atoms with Crippen molar-refractivity contribution in [2.45, 2.75) is 26.7 Å². The number of nitrogens with zero attached hydrogens (tertiary/aromatic N) is 2. The summed E-state index contributed by atoms with van der Waals surface area (Å²) in [7, 11) is 0. The van der Waals surface area contributed by atoms with Gasteiger partial charge in [0.05, 0.1) is 12.8 Å². The van der Waals surface area contributed by atoms with Crippen molar-refractivity contribution in [2.75, 3.05) is 5.32 Å². The summed E-state index contributed by atoms with van der Waals surface area (Å²) in [4.78, 5) is 12.1. The standard InChI is InChI=1S/C19H19N3O2/c1-13-8-9-16(10-14(13)2)11-17(23)20-19-22-21-18(24-19)12-15-6-4-3-5-7-15/h3-10H,11-12H2,1-2H3,(H,20,22,23). The van der Waals surface area contributed by atoms with Crippen molar-refractivity contribution in [1.82, 2.24) is 10.2 Å². The Morgan fingerprint density at radius 3 is 2.54 bits per heavy atom. The third-order valence-electron chi connectivity index (χ3n) is 3.85. The van der Waals surface area contributed by atoms with E-state index in [4.69, 9.17) is 4.42 Å². The number of hydrogen-bond acceptors (Lipinski definition) is 4. The van der Waals surface area contributed by atoms with E-state index in [1.165, 1.54) is 11.1 Å². The molecular weight excluding hydrogens is 302 g/mol. The highest BCUT2D eigenvalue weighted by molar-refractivity contribution is 5.90. The summed E-state index contributed by atoms with van der Waals surface area (Å²) in [5.41, 5.74) is 4.42. The fourth-order valence-corrected chi connectivity index (χ4v) is 2.41. The van der Waals surface area contributed by atoms with Crippen molar-refractivity contribution in [3.63, 3.8) is 0 Å². The van der Waals surface area contributed by atoms with Crippen LogP contribution in [-0.2, 0) is 17.6 Å². The first kappa shape index (κ1) is 15.9. The summed E-state index contributed by atoms with van der Waals surface area (Å²) in [6.45, 7) is 4.08. The lowest BCUT2D eigenvalue weighted by Crippen LogP contribution is -2.14. The molecule has 0 saturated heterocycles. The molecule has 1 N–H and O–H groups in total. The van der Waals surface area contributed by atoms with Gasteiger partial charge in [0.15, 0.2) is 0 Å². The second kappa shape index (κ2) is 7.08. The normalized spacial score (nSPS) is 10.6. The topological polar surface area (TPSA) is 68.0 Å². The highest BCUT2D eigenvalue weighted by Crippen LogP contribution is 2.13. The second-order valence-electron chi connectivity index (χ2n) is 5.81.